The van der Waals surface area contributed by atoms with Gasteiger partial charge < -0.3 is 10.6 Å². The largest absolute Gasteiger partial charge is 0.368 e. The fourth-order valence-corrected chi connectivity index (χ4v) is 2.01. The van der Waals surface area contributed by atoms with Gasteiger partial charge in [-0.2, -0.15) is 0 Å². The zero-order valence-corrected chi connectivity index (χ0v) is 10.1. The molecule has 0 radical (unpaired) electrons. The number of hydrogen-bond donors (Lipinski definition) is 1. The molecule has 0 saturated carbocycles. The molecule has 16 heavy (non-hydrogen) atoms. The predicted octanol–water partition coefficient (Wildman–Crippen LogP) is 0.460. The van der Waals surface area contributed by atoms with Gasteiger partial charge in [-0.1, -0.05) is 11.6 Å². The summed E-state index contributed by atoms with van der Waals surface area (Å²) in [5.41, 5.74) is 6.44. The SMILES string of the molecule is CN1CCN(Cc2cc(Cl)nc(N)n2)CC1. The molecule has 2 heterocycles. The molecule has 1 aliphatic rings. The average molecular weight is 242 g/mol. The number of piperazine rings is 1. The van der Waals surface area contributed by atoms with Crippen LogP contribution in [0.25, 0.3) is 0 Å². The Morgan fingerprint density at radius 1 is 1.31 bits per heavy atom. The molecule has 88 valence electrons. The summed E-state index contributed by atoms with van der Waals surface area (Å²) in [7, 11) is 2.14. The van der Waals surface area contributed by atoms with Crippen molar-refractivity contribution < 1.29 is 0 Å². The van der Waals surface area contributed by atoms with Gasteiger partial charge in [0.25, 0.3) is 0 Å². The first kappa shape index (κ1) is 11.6. The Morgan fingerprint density at radius 3 is 2.62 bits per heavy atom. The Kier molecular flexibility index (Phi) is 3.58. The molecule has 1 saturated heterocycles. The Balaban J connectivity index is 1.98. The number of anilines is 1. The standard InChI is InChI=1S/C10H16ClN5/c1-15-2-4-16(5-3-15)7-8-6-9(11)14-10(12)13-8/h6H,2-5,7H2,1H3,(H2,12,13,14). The van der Waals surface area contributed by atoms with Crippen LogP contribution in [0.5, 0.6) is 0 Å². The van der Waals surface area contributed by atoms with Crippen molar-refractivity contribution in [2.24, 2.45) is 0 Å². The van der Waals surface area contributed by atoms with Gasteiger partial charge in [-0.05, 0) is 13.1 Å². The molecule has 0 amide bonds. The highest BCUT2D eigenvalue weighted by Gasteiger charge is 2.14. The van der Waals surface area contributed by atoms with Crippen LogP contribution in [0.4, 0.5) is 5.95 Å². The summed E-state index contributed by atoms with van der Waals surface area (Å²) >= 11 is 5.83. The Hall–Kier alpha value is -0.910. The number of hydrogen-bond acceptors (Lipinski definition) is 5. The lowest BCUT2D eigenvalue weighted by molar-refractivity contribution is 0.147. The number of likely N-dealkylation sites (N-methyl/N-ethyl adjacent to an activating group) is 1. The minimum atomic E-state index is 0.247. The fraction of sp³-hybridized carbons (Fsp3) is 0.600. The van der Waals surface area contributed by atoms with Crippen LogP contribution >= 0.6 is 11.6 Å². The molecule has 0 spiro atoms. The van der Waals surface area contributed by atoms with Crippen LogP contribution in [0, 0.1) is 0 Å². The predicted molar refractivity (Wildman–Crippen MR) is 64.2 cm³/mol. The van der Waals surface area contributed by atoms with Crippen LogP contribution in [0.1, 0.15) is 5.69 Å². The van der Waals surface area contributed by atoms with Gasteiger partial charge in [-0.3, -0.25) is 4.90 Å². The lowest BCUT2D eigenvalue weighted by Crippen LogP contribution is -2.44. The van der Waals surface area contributed by atoms with E-state index >= 15 is 0 Å². The van der Waals surface area contributed by atoms with Gasteiger partial charge in [0.1, 0.15) is 5.15 Å². The van der Waals surface area contributed by atoms with E-state index in [2.05, 4.69) is 26.8 Å². The lowest BCUT2D eigenvalue weighted by Gasteiger charge is -2.32. The van der Waals surface area contributed by atoms with E-state index in [0.717, 1.165) is 38.4 Å². The summed E-state index contributed by atoms with van der Waals surface area (Å²) in [6.07, 6.45) is 0. The van der Waals surface area contributed by atoms with E-state index in [1.165, 1.54) is 0 Å². The molecular formula is C10H16ClN5. The number of rotatable bonds is 2. The third kappa shape index (κ3) is 3.04. The van der Waals surface area contributed by atoms with Crippen molar-refractivity contribution >= 4 is 17.5 Å². The van der Waals surface area contributed by atoms with Gasteiger partial charge in [0.05, 0.1) is 5.69 Å². The van der Waals surface area contributed by atoms with Crippen molar-refractivity contribution in [1.82, 2.24) is 19.8 Å². The van der Waals surface area contributed by atoms with Crippen LogP contribution in [-0.2, 0) is 6.54 Å². The Bertz CT molecular complexity index is 342. The monoisotopic (exact) mass is 241 g/mol. The number of nitrogens with two attached hydrogens (primary N) is 1. The zero-order chi connectivity index (χ0) is 11.5. The molecule has 0 aromatic carbocycles. The maximum absolute atomic E-state index is 5.83. The van der Waals surface area contributed by atoms with Crippen LogP contribution < -0.4 is 5.73 Å². The fourth-order valence-electron chi connectivity index (χ4n) is 1.80. The second-order valence-corrected chi connectivity index (χ2v) is 4.51. The van der Waals surface area contributed by atoms with Crippen LogP contribution in [0.2, 0.25) is 5.15 Å². The molecule has 0 bridgehead atoms. The highest BCUT2D eigenvalue weighted by atomic mass is 35.5. The Labute approximate surface area is 100 Å². The first-order valence-electron chi connectivity index (χ1n) is 5.33. The molecule has 1 aromatic heterocycles. The normalized spacial score (nSPS) is 18.9. The number of aromatic nitrogens is 2. The van der Waals surface area contributed by atoms with Gasteiger partial charge >= 0.3 is 0 Å². The van der Waals surface area contributed by atoms with E-state index in [4.69, 9.17) is 17.3 Å². The maximum atomic E-state index is 5.83. The molecule has 0 atom stereocenters. The van der Waals surface area contributed by atoms with Gasteiger partial charge in [0.15, 0.2) is 0 Å². The third-order valence-electron chi connectivity index (χ3n) is 2.75. The molecule has 1 aliphatic heterocycles. The number of nitrogens with zero attached hydrogens (tertiary/aromatic N) is 4. The molecule has 0 aliphatic carbocycles. The van der Waals surface area contributed by atoms with Crippen molar-refractivity contribution in [3.63, 3.8) is 0 Å². The van der Waals surface area contributed by atoms with E-state index in [1.54, 1.807) is 6.07 Å². The maximum Gasteiger partial charge on any atom is 0.221 e. The quantitative estimate of drug-likeness (QED) is 0.763. The summed E-state index contributed by atoms with van der Waals surface area (Å²) in [6, 6.07) is 1.77. The van der Waals surface area contributed by atoms with Crippen molar-refractivity contribution in [2.75, 3.05) is 39.0 Å². The van der Waals surface area contributed by atoms with Crippen molar-refractivity contribution in [3.05, 3.63) is 16.9 Å². The lowest BCUT2D eigenvalue weighted by atomic mass is 10.3. The first-order chi connectivity index (χ1) is 7.63. The zero-order valence-electron chi connectivity index (χ0n) is 9.36. The van der Waals surface area contributed by atoms with Crippen LogP contribution in [0.3, 0.4) is 0 Å². The minimum Gasteiger partial charge on any atom is -0.368 e. The van der Waals surface area contributed by atoms with Crippen LogP contribution in [-0.4, -0.2) is 53.0 Å². The van der Waals surface area contributed by atoms with E-state index in [1.807, 2.05) is 0 Å². The summed E-state index contributed by atoms with van der Waals surface area (Å²) in [5.74, 6) is 0.247. The molecule has 5 nitrogen and oxygen atoms in total. The average Bonchev–Trinajstić information content (AvgIpc) is 2.20. The number of nitrogen functional groups attached to an aromatic ring is 1. The second-order valence-electron chi connectivity index (χ2n) is 4.12. The summed E-state index contributed by atoms with van der Waals surface area (Å²) in [5, 5.41) is 0.414. The number of halogens is 1. The first-order valence-corrected chi connectivity index (χ1v) is 5.71. The molecular weight excluding hydrogens is 226 g/mol. The molecule has 1 fully saturated rings. The second kappa shape index (κ2) is 4.95. The summed E-state index contributed by atoms with van der Waals surface area (Å²) in [4.78, 5) is 12.7. The van der Waals surface area contributed by atoms with E-state index in [0.29, 0.717) is 5.15 Å². The third-order valence-corrected chi connectivity index (χ3v) is 2.94. The molecule has 1 aromatic rings. The topological polar surface area (TPSA) is 58.3 Å². The molecule has 2 rings (SSSR count). The van der Waals surface area contributed by atoms with Crippen molar-refractivity contribution in [1.29, 1.82) is 0 Å². The molecule has 6 heteroatoms. The molecule has 2 N–H and O–H groups in total. The smallest absolute Gasteiger partial charge is 0.221 e. The van der Waals surface area contributed by atoms with E-state index < -0.39 is 0 Å². The van der Waals surface area contributed by atoms with Crippen molar-refractivity contribution in [3.8, 4) is 0 Å². The van der Waals surface area contributed by atoms with E-state index in [-0.39, 0.29) is 5.95 Å². The van der Waals surface area contributed by atoms with Crippen molar-refractivity contribution in [2.45, 2.75) is 6.54 Å². The van der Waals surface area contributed by atoms with Gasteiger partial charge in [0.2, 0.25) is 5.95 Å². The highest BCUT2D eigenvalue weighted by molar-refractivity contribution is 6.29. The molecule has 0 unspecified atom stereocenters. The van der Waals surface area contributed by atoms with Gasteiger partial charge in [-0.25, -0.2) is 9.97 Å². The van der Waals surface area contributed by atoms with Gasteiger partial charge in [-0.15, -0.1) is 0 Å². The highest BCUT2D eigenvalue weighted by Crippen LogP contribution is 2.11. The Morgan fingerprint density at radius 2 is 2.00 bits per heavy atom. The summed E-state index contributed by atoms with van der Waals surface area (Å²) < 4.78 is 0. The van der Waals surface area contributed by atoms with E-state index in [9.17, 15) is 0 Å². The summed E-state index contributed by atoms with van der Waals surface area (Å²) in [6.45, 7) is 5.08. The minimum absolute atomic E-state index is 0.247. The van der Waals surface area contributed by atoms with Gasteiger partial charge in [0, 0.05) is 32.7 Å². The van der Waals surface area contributed by atoms with Crippen LogP contribution in [0.15, 0.2) is 6.07 Å².